The van der Waals surface area contributed by atoms with Crippen LogP contribution in [0.15, 0.2) is 0 Å². The molecular weight excluding hydrogens is 176 g/mol. The van der Waals surface area contributed by atoms with E-state index in [0.29, 0.717) is 0 Å². The number of hydrogen-bond donors (Lipinski definition) is 0. The molecule has 0 aromatic rings. The molecule has 0 fully saturated rings. The first kappa shape index (κ1) is 13.9. The van der Waals surface area contributed by atoms with Gasteiger partial charge >= 0.3 is 25.7 Å². The van der Waals surface area contributed by atoms with Crippen molar-refractivity contribution in [3.8, 4) is 0 Å². The molecule has 0 spiro atoms. The van der Waals surface area contributed by atoms with Gasteiger partial charge in [0.1, 0.15) is 0 Å². The van der Waals surface area contributed by atoms with Crippen LogP contribution in [-0.4, -0.2) is 0 Å². The van der Waals surface area contributed by atoms with Crippen LogP contribution in [0.2, 0.25) is 0 Å². The zero-order chi connectivity index (χ0) is 8.95. The van der Waals surface area contributed by atoms with Gasteiger partial charge in [0.05, 0.1) is 0 Å². The molecule has 0 atom stereocenters. The molecule has 3 heteroatoms. The van der Waals surface area contributed by atoms with E-state index in [4.69, 9.17) is 6.65 Å². The van der Waals surface area contributed by atoms with E-state index in [0.717, 1.165) is 0 Å². The van der Waals surface area contributed by atoms with Crippen molar-refractivity contribution in [1.29, 1.82) is 0 Å². The Morgan fingerprint density at radius 3 is 1.27 bits per heavy atom. The minimum atomic E-state index is -2.00. The molecule has 0 aliphatic carbocycles. The van der Waals surface area contributed by atoms with E-state index < -0.39 is 19.1 Å². The average molecular weight is 194 g/mol. The Morgan fingerprint density at radius 2 is 1.09 bits per heavy atom. The van der Waals surface area contributed by atoms with Crippen molar-refractivity contribution < 1.29 is 25.7 Å². The molecule has 0 aliphatic rings. The Hall–Kier alpha value is 0.314. The monoisotopic (exact) mass is 194 g/mol. The summed E-state index contributed by atoms with van der Waals surface area (Å²) >= 11 is -2.00. The van der Waals surface area contributed by atoms with Crippen LogP contribution in [0, 0.1) is 0 Å². The van der Waals surface area contributed by atoms with Gasteiger partial charge in [0.25, 0.3) is 0 Å². The first-order valence-electron chi connectivity index (χ1n) is 4.32. The standard InChI is InChI=1S/C8H18.2O.Ti/c1-3-5-7-8-6-4-2;;;/h3-8H2,1-2H3;;;. The number of rotatable bonds is 5. The van der Waals surface area contributed by atoms with Crippen LogP contribution in [-0.2, 0) is 25.7 Å². The fraction of sp³-hybridized carbons (Fsp3) is 1.00. The summed E-state index contributed by atoms with van der Waals surface area (Å²) in [4.78, 5) is 0. The van der Waals surface area contributed by atoms with Gasteiger partial charge in [-0.1, -0.05) is 52.4 Å². The first-order valence-corrected chi connectivity index (χ1v) is 5.60. The number of hydrogen-bond acceptors (Lipinski definition) is 2. The van der Waals surface area contributed by atoms with Gasteiger partial charge in [0.2, 0.25) is 0 Å². The molecule has 0 amide bonds. The third-order valence-electron chi connectivity index (χ3n) is 1.46. The molecule has 2 nitrogen and oxygen atoms in total. The fourth-order valence-corrected chi connectivity index (χ4v) is 0.854. The third kappa shape index (κ3) is 25.2. The Kier molecular flexibility index (Phi) is 21.1. The van der Waals surface area contributed by atoms with Crippen LogP contribution >= 0.6 is 0 Å². The third-order valence-corrected chi connectivity index (χ3v) is 1.46. The zero-order valence-corrected chi connectivity index (χ0v) is 9.12. The Morgan fingerprint density at radius 1 is 0.818 bits per heavy atom. The Labute approximate surface area is 78.3 Å². The van der Waals surface area contributed by atoms with Crippen LogP contribution in [0.1, 0.15) is 52.4 Å². The van der Waals surface area contributed by atoms with E-state index in [2.05, 4.69) is 13.8 Å². The van der Waals surface area contributed by atoms with Crippen LogP contribution < -0.4 is 0 Å². The van der Waals surface area contributed by atoms with Crippen molar-refractivity contribution >= 4 is 0 Å². The van der Waals surface area contributed by atoms with Crippen molar-refractivity contribution in [3.05, 3.63) is 0 Å². The van der Waals surface area contributed by atoms with Gasteiger partial charge in [-0.25, -0.2) is 0 Å². The minimum absolute atomic E-state index is 1.36. The molecule has 0 bridgehead atoms. The summed E-state index contributed by atoms with van der Waals surface area (Å²) in [5, 5.41) is 0. The van der Waals surface area contributed by atoms with Crippen molar-refractivity contribution in [2.24, 2.45) is 0 Å². The molecule has 0 heterocycles. The predicted molar refractivity (Wildman–Crippen MR) is 40.4 cm³/mol. The molecule has 0 rings (SSSR count). The number of unbranched alkanes of at least 4 members (excludes halogenated alkanes) is 5. The van der Waals surface area contributed by atoms with E-state index in [9.17, 15) is 0 Å². The molecular formula is C8H18O2Ti. The predicted octanol–water partition coefficient (Wildman–Crippen LogP) is 3.13. The molecule has 0 saturated heterocycles. The SMILES string of the molecule is CCCCCCCC.[O]=[Ti]=[O]. The second-order valence-electron chi connectivity index (χ2n) is 2.50. The van der Waals surface area contributed by atoms with Gasteiger partial charge in [-0.2, -0.15) is 0 Å². The second kappa shape index (κ2) is 16.7. The maximum absolute atomic E-state index is 8.50. The molecule has 0 saturated carbocycles. The van der Waals surface area contributed by atoms with Gasteiger partial charge in [0.15, 0.2) is 0 Å². The van der Waals surface area contributed by atoms with E-state index >= 15 is 0 Å². The van der Waals surface area contributed by atoms with Crippen molar-refractivity contribution in [2.45, 2.75) is 52.4 Å². The molecule has 11 heavy (non-hydrogen) atoms. The summed E-state index contributed by atoms with van der Waals surface area (Å²) in [6.07, 6.45) is 8.49. The molecule has 0 aromatic carbocycles. The molecule has 0 aliphatic heterocycles. The van der Waals surface area contributed by atoms with Crippen LogP contribution in [0.5, 0.6) is 0 Å². The van der Waals surface area contributed by atoms with Gasteiger partial charge in [0, 0.05) is 0 Å². The molecule has 66 valence electrons. The summed E-state index contributed by atoms with van der Waals surface area (Å²) in [6.45, 7) is 4.51. The first-order chi connectivity index (χ1) is 5.33. The normalized spacial score (nSPS) is 7.82. The van der Waals surface area contributed by atoms with Gasteiger partial charge < -0.3 is 0 Å². The maximum atomic E-state index is 8.50. The topological polar surface area (TPSA) is 34.1 Å². The van der Waals surface area contributed by atoms with E-state index in [-0.39, 0.29) is 0 Å². The second-order valence-corrected chi connectivity index (χ2v) is 2.76. The fourth-order valence-electron chi connectivity index (χ4n) is 0.854. The summed E-state index contributed by atoms with van der Waals surface area (Å²) < 4.78 is 17.0. The zero-order valence-electron chi connectivity index (χ0n) is 7.56. The van der Waals surface area contributed by atoms with Crippen molar-refractivity contribution in [1.82, 2.24) is 0 Å². The van der Waals surface area contributed by atoms with E-state index in [1.54, 1.807) is 0 Å². The van der Waals surface area contributed by atoms with Crippen molar-refractivity contribution in [3.63, 3.8) is 0 Å². The summed E-state index contributed by atoms with van der Waals surface area (Å²) in [6, 6.07) is 0. The molecule has 0 aromatic heterocycles. The average Bonchev–Trinajstić information content (AvgIpc) is 2.00. The molecule has 0 unspecified atom stereocenters. The quantitative estimate of drug-likeness (QED) is 0.497. The van der Waals surface area contributed by atoms with Gasteiger partial charge in [-0.05, 0) is 0 Å². The van der Waals surface area contributed by atoms with Gasteiger partial charge in [-0.15, -0.1) is 0 Å². The summed E-state index contributed by atoms with van der Waals surface area (Å²) in [5.41, 5.74) is 0. The molecule has 0 N–H and O–H groups in total. The van der Waals surface area contributed by atoms with Crippen LogP contribution in [0.25, 0.3) is 0 Å². The Bertz CT molecular complexity index is 82.1. The van der Waals surface area contributed by atoms with E-state index in [1.807, 2.05) is 0 Å². The Balaban J connectivity index is 0. The van der Waals surface area contributed by atoms with Crippen molar-refractivity contribution in [2.75, 3.05) is 0 Å². The summed E-state index contributed by atoms with van der Waals surface area (Å²) in [7, 11) is 0. The van der Waals surface area contributed by atoms with Gasteiger partial charge in [-0.3, -0.25) is 0 Å². The van der Waals surface area contributed by atoms with Crippen LogP contribution in [0.4, 0.5) is 0 Å². The van der Waals surface area contributed by atoms with Crippen LogP contribution in [0.3, 0.4) is 0 Å². The molecule has 0 radical (unpaired) electrons. The van der Waals surface area contributed by atoms with E-state index in [1.165, 1.54) is 38.5 Å². The summed E-state index contributed by atoms with van der Waals surface area (Å²) in [5.74, 6) is 0.